The highest BCUT2D eigenvalue weighted by Crippen LogP contribution is 2.39. The van der Waals surface area contributed by atoms with Gasteiger partial charge in [-0.15, -0.1) is 5.10 Å². The van der Waals surface area contributed by atoms with E-state index in [1.165, 1.54) is 11.1 Å². The minimum atomic E-state index is -1.34. The number of benzene rings is 1. The largest absolute Gasteiger partial charge is 0.478 e. The summed E-state index contributed by atoms with van der Waals surface area (Å²) in [6, 6.07) is 8.27. The molecule has 2 aromatic heterocycles. The van der Waals surface area contributed by atoms with Crippen molar-refractivity contribution in [2.45, 2.75) is 31.3 Å². The lowest BCUT2D eigenvalue weighted by Gasteiger charge is -2.36. The summed E-state index contributed by atoms with van der Waals surface area (Å²) in [7, 11) is 0.599. The first-order chi connectivity index (χ1) is 16.2. The normalized spacial score (nSPS) is 16.9. The minimum absolute atomic E-state index is 0.372. The van der Waals surface area contributed by atoms with Crippen LogP contribution in [0.25, 0.3) is 11.1 Å². The van der Waals surface area contributed by atoms with Gasteiger partial charge >= 0.3 is 0 Å². The number of aryl methyl sites for hydroxylation is 1. The van der Waals surface area contributed by atoms with Crippen molar-refractivity contribution in [3.05, 3.63) is 41.6 Å². The first-order valence-electron chi connectivity index (χ1n) is 11.4. The van der Waals surface area contributed by atoms with Crippen molar-refractivity contribution in [2.24, 2.45) is 5.92 Å². The van der Waals surface area contributed by atoms with Crippen LogP contribution in [0, 0.1) is 5.92 Å². The van der Waals surface area contributed by atoms with Crippen LogP contribution in [0.1, 0.15) is 24.5 Å². The average Bonchev–Trinajstić information content (AvgIpc) is 3.46. The second kappa shape index (κ2) is 9.58. The monoisotopic (exact) mass is 467 g/mol. The fraction of sp³-hybridized carbons (Fsp3) is 0.435. The van der Waals surface area contributed by atoms with Gasteiger partial charge in [0.25, 0.3) is 0 Å². The number of aromatic amines is 1. The molecule has 0 bridgehead atoms. The summed E-state index contributed by atoms with van der Waals surface area (Å²) in [5.74, 6) is 1.55. The lowest BCUT2D eigenvalue weighted by molar-refractivity contribution is 0.208. The van der Waals surface area contributed by atoms with E-state index >= 15 is 0 Å². The summed E-state index contributed by atoms with van der Waals surface area (Å²) < 4.78 is 20.4. The lowest BCUT2D eigenvalue weighted by Crippen LogP contribution is -2.50. The summed E-state index contributed by atoms with van der Waals surface area (Å²) in [5.41, 5.74) is 5.68. The molecule has 0 saturated carbocycles. The Morgan fingerprint density at radius 3 is 2.97 bits per heavy atom. The van der Waals surface area contributed by atoms with Crippen molar-refractivity contribution in [1.29, 1.82) is 0 Å². The van der Waals surface area contributed by atoms with Gasteiger partial charge in [0.1, 0.15) is 0 Å². The molecule has 3 heterocycles. The molecule has 1 fully saturated rings. The number of H-pyrrole nitrogens is 1. The van der Waals surface area contributed by atoms with Gasteiger partial charge in [-0.25, -0.2) is 18.6 Å². The molecule has 0 spiro atoms. The number of ether oxygens (including phenoxy) is 1. The van der Waals surface area contributed by atoms with Gasteiger partial charge < -0.3 is 15.4 Å². The maximum absolute atomic E-state index is 12.9. The topological polar surface area (TPSA) is 108 Å². The molecule has 2 aliphatic rings. The van der Waals surface area contributed by atoms with Crippen LogP contribution in [0.5, 0.6) is 5.88 Å². The van der Waals surface area contributed by atoms with Crippen LogP contribution in [0.3, 0.4) is 0 Å². The summed E-state index contributed by atoms with van der Waals surface area (Å²) in [6.07, 6.45) is 4.95. The van der Waals surface area contributed by atoms with Gasteiger partial charge in [-0.05, 0) is 61.9 Å². The number of nitrogens with one attached hydrogen (secondary N) is 3. The molecule has 174 valence electrons. The third-order valence-electron chi connectivity index (χ3n) is 6.14. The van der Waals surface area contributed by atoms with Gasteiger partial charge in [-0.2, -0.15) is 4.98 Å². The van der Waals surface area contributed by atoms with Gasteiger partial charge in [0.15, 0.2) is 11.0 Å². The Bertz CT molecular complexity index is 1160. The number of anilines is 2. The Labute approximate surface area is 196 Å². The van der Waals surface area contributed by atoms with Gasteiger partial charge in [0.05, 0.1) is 12.3 Å². The first kappa shape index (κ1) is 22.0. The van der Waals surface area contributed by atoms with E-state index in [1.54, 1.807) is 6.20 Å². The molecule has 1 saturated heterocycles. The molecule has 1 aliphatic heterocycles. The second-order valence-corrected chi connectivity index (χ2v) is 9.81. The predicted molar refractivity (Wildman–Crippen MR) is 128 cm³/mol. The Hall–Kier alpha value is -2.82. The molecule has 9 nitrogen and oxygen atoms in total. The third-order valence-corrected chi connectivity index (χ3v) is 7.42. The highest BCUT2D eigenvalue weighted by molar-refractivity contribution is 7.82. The Morgan fingerprint density at radius 1 is 1.27 bits per heavy atom. The van der Waals surface area contributed by atoms with E-state index in [9.17, 15) is 4.21 Å². The quantitative estimate of drug-likeness (QED) is 0.444. The summed E-state index contributed by atoms with van der Waals surface area (Å²) in [5, 5.41) is 14.1. The van der Waals surface area contributed by atoms with E-state index in [4.69, 9.17) is 4.74 Å². The van der Waals surface area contributed by atoms with Gasteiger partial charge in [-0.3, -0.25) is 0 Å². The molecule has 0 amide bonds. The van der Waals surface area contributed by atoms with Crippen molar-refractivity contribution in [1.82, 2.24) is 29.8 Å². The van der Waals surface area contributed by atoms with Gasteiger partial charge in [0, 0.05) is 37.5 Å². The number of rotatable bonds is 9. The second-order valence-electron chi connectivity index (χ2n) is 8.40. The van der Waals surface area contributed by atoms with Crippen molar-refractivity contribution in [3.63, 3.8) is 0 Å². The molecule has 5 rings (SSSR count). The number of hydrogen-bond donors (Lipinski definition) is 3. The first-order valence-corrected chi connectivity index (χ1v) is 12.5. The van der Waals surface area contributed by atoms with Crippen LogP contribution in [0.4, 0.5) is 11.6 Å². The number of hydrogen-bond acceptors (Lipinski definition) is 7. The van der Waals surface area contributed by atoms with Crippen molar-refractivity contribution >= 4 is 22.6 Å². The maximum atomic E-state index is 12.9. The smallest absolute Gasteiger partial charge is 0.247 e. The molecule has 3 N–H and O–H groups in total. The lowest BCUT2D eigenvalue weighted by atomic mass is 9.98. The molecule has 0 radical (unpaired) electrons. The molecule has 1 unspecified atom stereocenters. The van der Waals surface area contributed by atoms with E-state index in [2.05, 4.69) is 42.9 Å². The van der Waals surface area contributed by atoms with E-state index in [0.717, 1.165) is 55.7 Å². The van der Waals surface area contributed by atoms with E-state index < -0.39 is 11.0 Å². The molecular weight excluding hydrogens is 438 g/mol. The van der Waals surface area contributed by atoms with Crippen LogP contribution >= 0.6 is 0 Å². The van der Waals surface area contributed by atoms with Gasteiger partial charge in [-0.1, -0.05) is 12.1 Å². The van der Waals surface area contributed by atoms with Crippen molar-refractivity contribution < 1.29 is 8.95 Å². The van der Waals surface area contributed by atoms with E-state index in [-0.39, 0.29) is 0 Å². The number of fused-ring (bicyclic) bond motifs is 1. The van der Waals surface area contributed by atoms with E-state index in [0.29, 0.717) is 29.5 Å². The van der Waals surface area contributed by atoms with Crippen LogP contribution in [0.15, 0.2) is 35.6 Å². The third kappa shape index (κ3) is 4.50. The number of aromatic nitrogens is 4. The molecule has 1 atom stereocenters. The van der Waals surface area contributed by atoms with Crippen LogP contribution in [-0.2, 0) is 23.8 Å². The van der Waals surface area contributed by atoms with Crippen LogP contribution in [-0.4, -0.2) is 62.0 Å². The minimum Gasteiger partial charge on any atom is -0.478 e. The standard InChI is InChI=1S/C23H29N7O2S/c1-3-32-20-11-17(9-10-25-20)19-8-7-16-5-4-6-18(16)21(19)26-22-27-23(29-28-22)33(31)30-13-15(14-30)12-24-2/h7-11,15,24H,3-6,12-14H2,1-2H3,(H2,26,27,28,29). The zero-order chi connectivity index (χ0) is 22.8. The zero-order valence-corrected chi connectivity index (χ0v) is 19.7. The number of nitrogens with zero attached hydrogens (tertiary/aromatic N) is 4. The highest BCUT2D eigenvalue weighted by atomic mass is 32.2. The van der Waals surface area contributed by atoms with Crippen molar-refractivity contribution in [3.8, 4) is 17.0 Å². The molecule has 10 heteroatoms. The molecule has 1 aliphatic carbocycles. The SMILES string of the molecule is CCOc1cc(-c2ccc3c(c2Nc2n[nH]c(S(=O)N4CC(CNC)C4)n2)CCC3)ccn1. The average molecular weight is 468 g/mol. The van der Waals surface area contributed by atoms with E-state index in [1.807, 2.05) is 30.4 Å². The Morgan fingerprint density at radius 2 is 2.15 bits per heavy atom. The Kier molecular flexibility index (Phi) is 6.39. The molecule has 3 aromatic rings. The Balaban J connectivity index is 1.41. The summed E-state index contributed by atoms with van der Waals surface area (Å²) in [4.78, 5) is 8.81. The maximum Gasteiger partial charge on any atom is 0.247 e. The number of pyridine rings is 1. The summed E-state index contributed by atoms with van der Waals surface area (Å²) in [6.45, 7) is 5.02. The fourth-order valence-electron chi connectivity index (χ4n) is 4.54. The van der Waals surface area contributed by atoms with Gasteiger partial charge in [0.2, 0.25) is 17.0 Å². The van der Waals surface area contributed by atoms with Crippen LogP contribution in [0.2, 0.25) is 0 Å². The molecule has 33 heavy (non-hydrogen) atoms. The molecule has 1 aromatic carbocycles. The fourth-order valence-corrected chi connectivity index (χ4v) is 5.77. The highest BCUT2D eigenvalue weighted by Gasteiger charge is 2.32. The van der Waals surface area contributed by atoms with Crippen molar-refractivity contribution in [2.75, 3.05) is 38.6 Å². The van der Waals surface area contributed by atoms with Crippen LogP contribution < -0.4 is 15.4 Å². The zero-order valence-electron chi connectivity index (χ0n) is 18.9. The predicted octanol–water partition coefficient (Wildman–Crippen LogP) is 2.67. The molecular formula is C23H29N7O2S. The summed E-state index contributed by atoms with van der Waals surface area (Å²) >= 11 is 0.